The Bertz CT molecular complexity index is 725. The molecule has 3 rings (SSSR count). The monoisotopic (exact) mass is 314 g/mol. The summed E-state index contributed by atoms with van der Waals surface area (Å²) in [5.41, 5.74) is 1.31. The van der Waals surface area contributed by atoms with Gasteiger partial charge in [-0.15, -0.1) is 0 Å². The van der Waals surface area contributed by atoms with Crippen LogP contribution in [0.4, 0.5) is 0 Å². The second-order valence-electron chi connectivity index (χ2n) is 6.06. The van der Waals surface area contributed by atoms with Gasteiger partial charge in [0, 0.05) is 45.3 Å². The zero-order chi connectivity index (χ0) is 16.6. The molecule has 7 nitrogen and oxygen atoms in total. The number of rotatable bonds is 2. The number of imidazole rings is 1. The lowest BCUT2D eigenvalue weighted by molar-refractivity contribution is 0.0527. The maximum atomic E-state index is 12.8. The van der Waals surface area contributed by atoms with Crippen LogP contribution in [0, 0.1) is 13.8 Å². The highest BCUT2D eigenvalue weighted by Gasteiger charge is 2.31. The van der Waals surface area contributed by atoms with Crippen molar-refractivity contribution in [3.8, 4) is 0 Å². The Hall–Kier alpha value is -2.28. The van der Waals surface area contributed by atoms with Crippen molar-refractivity contribution in [1.29, 1.82) is 0 Å². The minimum Gasteiger partial charge on any atom is -0.337 e. The molecule has 1 atom stereocenters. The van der Waals surface area contributed by atoms with E-state index in [2.05, 4.69) is 26.9 Å². The van der Waals surface area contributed by atoms with E-state index in [9.17, 15) is 4.79 Å². The number of aromatic nitrogens is 4. The number of nitrogens with zero attached hydrogens (tertiary/aromatic N) is 6. The molecule has 1 unspecified atom stereocenters. The van der Waals surface area contributed by atoms with Crippen LogP contribution in [0.2, 0.25) is 0 Å². The Morgan fingerprint density at radius 1 is 1.22 bits per heavy atom. The number of likely N-dealkylation sites (N-methyl/N-ethyl adjacent to an activating group) is 1. The van der Waals surface area contributed by atoms with Gasteiger partial charge in [-0.1, -0.05) is 0 Å². The number of piperazine rings is 1. The van der Waals surface area contributed by atoms with Gasteiger partial charge in [-0.3, -0.25) is 9.69 Å². The van der Waals surface area contributed by atoms with Crippen molar-refractivity contribution in [1.82, 2.24) is 29.3 Å². The van der Waals surface area contributed by atoms with Gasteiger partial charge < -0.3 is 9.47 Å². The zero-order valence-corrected chi connectivity index (χ0v) is 14.0. The minimum absolute atomic E-state index is 0.00481. The molecule has 0 aromatic carbocycles. The molecule has 0 saturated carbocycles. The van der Waals surface area contributed by atoms with Crippen LogP contribution in [0.15, 0.2) is 18.6 Å². The number of hydrogen-bond donors (Lipinski definition) is 0. The van der Waals surface area contributed by atoms with Crippen molar-refractivity contribution in [2.45, 2.75) is 19.9 Å². The van der Waals surface area contributed by atoms with Crippen molar-refractivity contribution >= 4 is 5.91 Å². The molecule has 2 aromatic rings. The van der Waals surface area contributed by atoms with Crippen molar-refractivity contribution in [2.24, 2.45) is 7.05 Å². The zero-order valence-electron chi connectivity index (χ0n) is 14.0. The third-order valence-corrected chi connectivity index (χ3v) is 4.42. The van der Waals surface area contributed by atoms with Crippen molar-refractivity contribution in [3.05, 3.63) is 41.5 Å². The summed E-state index contributed by atoms with van der Waals surface area (Å²) in [7, 11) is 4.05. The lowest BCUT2D eigenvalue weighted by Gasteiger charge is -2.39. The quantitative estimate of drug-likeness (QED) is 0.826. The lowest BCUT2D eigenvalue weighted by atomic mass is 10.1. The van der Waals surface area contributed by atoms with Crippen LogP contribution in [0.25, 0.3) is 0 Å². The number of amides is 1. The van der Waals surface area contributed by atoms with Crippen LogP contribution >= 0.6 is 0 Å². The molecule has 23 heavy (non-hydrogen) atoms. The van der Waals surface area contributed by atoms with Gasteiger partial charge in [-0.25, -0.2) is 15.0 Å². The Kier molecular flexibility index (Phi) is 4.12. The molecule has 1 amide bonds. The SMILES string of the molecule is Cc1ncc(C(=O)N2CCN(C)C(c3nccn3C)C2)c(C)n1. The second kappa shape index (κ2) is 6.08. The van der Waals surface area contributed by atoms with Gasteiger partial charge in [0.2, 0.25) is 0 Å². The molecule has 0 radical (unpaired) electrons. The third-order valence-electron chi connectivity index (χ3n) is 4.42. The van der Waals surface area contributed by atoms with Crippen molar-refractivity contribution in [2.75, 3.05) is 26.7 Å². The Balaban J connectivity index is 1.83. The van der Waals surface area contributed by atoms with E-state index in [0.717, 1.165) is 18.1 Å². The van der Waals surface area contributed by atoms with E-state index in [-0.39, 0.29) is 11.9 Å². The summed E-state index contributed by atoms with van der Waals surface area (Å²) in [5.74, 6) is 1.65. The summed E-state index contributed by atoms with van der Waals surface area (Å²) < 4.78 is 2.01. The summed E-state index contributed by atoms with van der Waals surface area (Å²) in [6.07, 6.45) is 5.36. The van der Waals surface area contributed by atoms with E-state index in [0.29, 0.717) is 24.5 Å². The van der Waals surface area contributed by atoms with Crippen molar-refractivity contribution in [3.63, 3.8) is 0 Å². The van der Waals surface area contributed by atoms with Gasteiger partial charge in [0.25, 0.3) is 5.91 Å². The fourth-order valence-electron chi connectivity index (χ4n) is 3.00. The topological polar surface area (TPSA) is 67.2 Å². The molecule has 0 spiro atoms. The first-order valence-corrected chi connectivity index (χ1v) is 7.74. The molecule has 122 valence electrons. The molecular weight excluding hydrogens is 292 g/mol. The van der Waals surface area contributed by atoms with Crippen LogP contribution in [0.1, 0.15) is 33.7 Å². The number of aryl methyl sites for hydroxylation is 3. The highest BCUT2D eigenvalue weighted by molar-refractivity contribution is 5.95. The molecule has 1 saturated heterocycles. The fraction of sp³-hybridized carbons (Fsp3) is 0.500. The van der Waals surface area contributed by atoms with E-state index in [1.54, 1.807) is 12.4 Å². The highest BCUT2D eigenvalue weighted by atomic mass is 16.2. The van der Waals surface area contributed by atoms with Crippen LogP contribution in [0.5, 0.6) is 0 Å². The van der Waals surface area contributed by atoms with E-state index in [1.807, 2.05) is 36.6 Å². The van der Waals surface area contributed by atoms with E-state index < -0.39 is 0 Å². The minimum atomic E-state index is -0.00481. The van der Waals surface area contributed by atoms with Gasteiger partial charge in [0.05, 0.1) is 17.3 Å². The third kappa shape index (κ3) is 2.96. The van der Waals surface area contributed by atoms with E-state index >= 15 is 0 Å². The van der Waals surface area contributed by atoms with Crippen LogP contribution in [0.3, 0.4) is 0 Å². The largest absolute Gasteiger partial charge is 0.337 e. The fourth-order valence-corrected chi connectivity index (χ4v) is 3.00. The van der Waals surface area contributed by atoms with Gasteiger partial charge in [0.1, 0.15) is 11.6 Å². The standard InChI is InChI=1S/C16H22N6O/c1-11-13(9-18-12(2)19-11)16(23)22-8-7-20(3)14(10-22)15-17-5-6-21(15)4/h5-6,9,14H,7-8,10H2,1-4H3. The second-order valence-corrected chi connectivity index (χ2v) is 6.06. The number of hydrogen-bond acceptors (Lipinski definition) is 5. The molecule has 1 aliphatic rings. The molecule has 0 N–H and O–H groups in total. The van der Waals surface area contributed by atoms with Crippen LogP contribution in [-0.4, -0.2) is 61.9 Å². The number of carbonyl (C=O) groups excluding carboxylic acids is 1. The first kappa shape index (κ1) is 15.6. The Morgan fingerprint density at radius 3 is 2.65 bits per heavy atom. The van der Waals surface area contributed by atoms with Crippen LogP contribution < -0.4 is 0 Å². The normalized spacial score (nSPS) is 19.1. The summed E-state index contributed by atoms with van der Waals surface area (Å²) in [6.45, 7) is 5.81. The van der Waals surface area contributed by atoms with Crippen LogP contribution in [-0.2, 0) is 7.05 Å². The first-order chi connectivity index (χ1) is 11.0. The Labute approximate surface area is 136 Å². The molecule has 1 fully saturated rings. The van der Waals surface area contributed by atoms with Gasteiger partial charge in [-0.05, 0) is 20.9 Å². The number of carbonyl (C=O) groups is 1. The molecular formula is C16H22N6O. The van der Waals surface area contributed by atoms with Crippen molar-refractivity contribution < 1.29 is 4.79 Å². The first-order valence-electron chi connectivity index (χ1n) is 7.74. The Morgan fingerprint density at radius 2 is 2.00 bits per heavy atom. The van der Waals surface area contributed by atoms with Gasteiger partial charge >= 0.3 is 0 Å². The molecule has 7 heteroatoms. The molecule has 3 heterocycles. The maximum Gasteiger partial charge on any atom is 0.257 e. The summed E-state index contributed by atoms with van der Waals surface area (Å²) >= 11 is 0. The smallest absolute Gasteiger partial charge is 0.257 e. The summed E-state index contributed by atoms with van der Waals surface area (Å²) in [5, 5.41) is 0. The predicted octanol–water partition coefficient (Wildman–Crippen LogP) is 0.956. The van der Waals surface area contributed by atoms with Gasteiger partial charge in [0.15, 0.2) is 0 Å². The summed E-state index contributed by atoms with van der Waals surface area (Å²) in [4.78, 5) is 29.9. The highest BCUT2D eigenvalue weighted by Crippen LogP contribution is 2.23. The molecule has 0 aliphatic carbocycles. The molecule has 2 aromatic heterocycles. The summed E-state index contributed by atoms with van der Waals surface area (Å²) in [6, 6.07) is 0.0966. The molecule has 1 aliphatic heterocycles. The predicted molar refractivity (Wildman–Crippen MR) is 86.0 cm³/mol. The lowest BCUT2D eigenvalue weighted by Crippen LogP contribution is -2.49. The maximum absolute atomic E-state index is 12.8. The van der Waals surface area contributed by atoms with Gasteiger partial charge in [-0.2, -0.15) is 0 Å². The molecule has 0 bridgehead atoms. The van der Waals surface area contributed by atoms with E-state index in [4.69, 9.17) is 0 Å². The van der Waals surface area contributed by atoms with E-state index in [1.165, 1.54) is 0 Å². The average Bonchev–Trinajstić information content (AvgIpc) is 2.93. The average molecular weight is 314 g/mol.